The Kier molecular flexibility index (Phi) is 9.13. The number of carbonyl (C=O) groups is 1. The van der Waals surface area contributed by atoms with Crippen molar-refractivity contribution in [1.82, 2.24) is 19.8 Å². The van der Waals surface area contributed by atoms with Crippen LogP contribution in [0.3, 0.4) is 0 Å². The predicted octanol–water partition coefficient (Wildman–Crippen LogP) is 2.93. The van der Waals surface area contributed by atoms with Crippen LogP contribution in [0, 0.1) is 17.0 Å². The minimum Gasteiger partial charge on any atom is -0.438 e. The Labute approximate surface area is 198 Å². The second kappa shape index (κ2) is 11.4. The fourth-order valence-electron chi connectivity index (χ4n) is 2.95. The van der Waals surface area contributed by atoms with Gasteiger partial charge in [-0.3, -0.25) is 14.9 Å². The molecule has 2 rings (SSSR count). The van der Waals surface area contributed by atoms with E-state index in [9.17, 15) is 23.3 Å². The van der Waals surface area contributed by atoms with Crippen molar-refractivity contribution < 1.29 is 27.6 Å². The highest BCUT2D eigenvalue weighted by Crippen LogP contribution is 2.35. The number of amides is 1. The molecule has 13 heteroatoms. The maximum atomic E-state index is 12.9. The SMILES string of the molecule is CC[C@H](C)NC(=O)c1nn(C(C)C)c(Oc2ccc([N+](=O)[O-])cc2S(=O)(=O)NCCOC)c1C. The Morgan fingerprint density at radius 2 is 1.97 bits per heavy atom. The number of nitro groups is 1. The van der Waals surface area contributed by atoms with Crippen LogP contribution in [0.4, 0.5) is 5.69 Å². The topological polar surface area (TPSA) is 155 Å². The third-order valence-corrected chi connectivity index (χ3v) is 6.50. The molecule has 1 amide bonds. The lowest BCUT2D eigenvalue weighted by Gasteiger charge is -2.15. The quantitative estimate of drug-likeness (QED) is 0.258. The number of nitrogens with one attached hydrogen (secondary N) is 2. The van der Waals surface area contributed by atoms with Crippen LogP contribution >= 0.6 is 0 Å². The molecule has 0 unspecified atom stereocenters. The van der Waals surface area contributed by atoms with Crippen LogP contribution in [-0.2, 0) is 14.8 Å². The van der Waals surface area contributed by atoms with Crippen LogP contribution in [0.1, 0.15) is 56.2 Å². The summed E-state index contributed by atoms with van der Waals surface area (Å²) in [5.41, 5.74) is 0.138. The van der Waals surface area contributed by atoms with E-state index in [1.807, 2.05) is 27.7 Å². The summed E-state index contributed by atoms with van der Waals surface area (Å²) >= 11 is 0. The molecule has 34 heavy (non-hydrogen) atoms. The third-order valence-electron chi connectivity index (χ3n) is 5.02. The summed E-state index contributed by atoms with van der Waals surface area (Å²) in [6.45, 7) is 9.18. The van der Waals surface area contributed by atoms with Crippen molar-refractivity contribution in [2.75, 3.05) is 20.3 Å². The summed E-state index contributed by atoms with van der Waals surface area (Å²) in [7, 11) is -2.76. The molecule has 0 radical (unpaired) electrons. The lowest BCUT2D eigenvalue weighted by molar-refractivity contribution is -0.385. The summed E-state index contributed by atoms with van der Waals surface area (Å²) in [5, 5.41) is 18.5. The van der Waals surface area contributed by atoms with E-state index in [-0.39, 0.29) is 48.5 Å². The molecule has 188 valence electrons. The number of methoxy groups -OCH3 is 1. The monoisotopic (exact) mass is 497 g/mol. The van der Waals surface area contributed by atoms with E-state index in [0.29, 0.717) is 5.56 Å². The molecule has 0 fully saturated rings. The first-order chi connectivity index (χ1) is 15.9. The van der Waals surface area contributed by atoms with E-state index in [4.69, 9.17) is 9.47 Å². The van der Waals surface area contributed by atoms with E-state index < -0.39 is 25.5 Å². The minimum atomic E-state index is -4.18. The van der Waals surface area contributed by atoms with E-state index in [0.717, 1.165) is 18.6 Å². The van der Waals surface area contributed by atoms with Crippen molar-refractivity contribution in [3.63, 3.8) is 0 Å². The highest BCUT2D eigenvalue weighted by atomic mass is 32.2. The van der Waals surface area contributed by atoms with Crippen LogP contribution < -0.4 is 14.8 Å². The lowest BCUT2D eigenvalue weighted by atomic mass is 10.2. The first-order valence-corrected chi connectivity index (χ1v) is 12.3. The Morgan fingerprint density at radius 1 is 1.29 bits per heavy atom. The number of aromatic nitrogens is 2. The molecule has 1 aromatic carbocycles. The Balaban J connectivity index is 2.57. The highest BCUT2D eigenvalue weighted by Gasteiger charge is 2.28. The number of carbonyl (C=O) groups excluding carboxylic acids is 1. The zero-order chi connectivity index (χ0) is 25.6. The Morgan fingerprint density at radius 3 is 2.53 bits per heavy atom. The molecule has 1 heterocycles. The zero-order valence-corrected chi connectivity index (χ0v) is 20.9. The summed E-state index contributed by atoms with van der Waals surface area (Å²) in [6.07, 6.45) is 0.735. The van der Waals surface area contributed by atoms with Gasteiger partial charge in [0.2, 0.25) is 15.9 Å². The number of nitro benzene ring substituents is 1. The van der Waals surface area contributed by atoms with Crippen LogP contribution in [0.25, 0.3) is 0 Å². The van der Waals surface area contributed by atoms with Crippen LogP contribution in [-0.4, -0.2) is 55.3 Å². The second-order valence-corrected chi connectivity index (χ2v) is 9.72. The van der Waals surface area contributed by atoms with Crippen LogP contribution in [0.15, 0.2) is 23.1 Å². The van der Waals surface area contributed by atoms with E-state index in [2.05, 4.69) is 15.1 Å². The van der Waals surface area contributed by atoms with Crippen molar-refractivity contribution in [1.29, 1.82) is 0 Å². The second-order valence-electron chi connectivity index (χ2n) is 7.98. The average molecular weight is 498 g/mol. The molecule has 0 spiro atoms. The van der Waals surface area contributed by atoms with E-state index in [1.165, 1.54) is 17.9 Å². The first kappa shape index (κ1) is 27.2. The largest absolute Gasteiger partial charge is 0.438 e. The van der Waals surface area contributed by atoms with Gasteiger partial charge in [-0.2, -0.15) is 5.10 Å². The van der Waals surface area contributed by atoms with Crippen molar-refractivity contribution in [2.45, 2.75) is 58.0 Å². The predicted molar refractivity (Wildman–Crippen MR) is 125 cm³/mol. The number of sulfonamides is 1. The van der Waals surface area contributed by atoms with Gasteiger partial charge in [-0.05, 0) is 40.2 Å². The molecule has 1 atom stereocenters. The van der Waals surface area contributed by atoms with Gasteiger partial charge in [0.1, 0.15) is 10.6 Å². The third kappa shape index (κ3) is 6.30. The van der Waals surface area contributed by atoms with Crippen molar-refractivity contribution >= 4 is 21.6 Å². The van der Waals surface area contributed by atoms with Gasteiger partial charge in [-0.25, -0.2) is 17.8 Å². The number of ether oxygens (including phenoxy) is 2. The van der Waals surface area contributed by atoms with Gasteiger partial charge in [0.25, 0.3) is 11.6 Å². The molecule has 1 aromatic heterocycles. The Bertz CT molecular complexity index is 1140. The molecule has 0 saturated heterocycles. The van der Waals surface area contributed by atoms with E-state index >= 15 is 0 Å². The van der Waals surface area contributed by atoms with Gasteiger partial charge < -0.3 is 14.8 Å². The summed E-state index contributed by atoms with van der Waals surface area (Å²) in [5.74, 6) is -0.366. The fraction of sp³-hybridized carbons (Fsp3) is 0.524. The van der Waals surface area contributed by atoms with Crippen molar-refractivity contribution in [3.05, 3.63) is 39.6 Å². The van der Waals surface area contributed by atoms with E-state index in [1.54, 1.807) is 6.92 Å². The number of nitrogens with zero attached hydrogens (tertiary/aromatic N) is 3. The summed E-state index contributed by atoms with van der Waals surface area (Å²) in [6, 6.07) is 2.98. The standard InChI is InChI=1S/C21H31N5O7S/c1-7-14(4)23-20(27)19-15(5)21(25(24-19)13(2)3)33-17-9-8-16(26(28)29)12-18(17)34(30,31)22-10-11-32-6/h8-9,12-14,22H,7,10-11H2,1-6H3,(H,23,27)/t14-/m0/s1. The number of benzene rings is 1. The van der Waals surface area contributed by atoms with Gasteiger partial charge in [-0.1, -0.05) is 6.92 Å². The van der Waals surface area contributed by atoms with Crippen molar-refractivity contribution in [2.24, 2.45) is 0 Å². The van der Waals surface area contributed by atoms with Gasteiger partial charge in [0, 0.05) is 37.4 Å². The molecule has 0 aliphatic rings. The molecule has 0 saturated carbocycles. The maximum absolute atomic E-state index is 12.9. The van der Waals surface area contributed by atoms with Crippen LogP contribution in [0.2, 0.25) is 0 Å². The van der Waals surface area contributed by atoms with Gasteiger partial charge in [0.15, 0.2) is 5.69 Å². The molecule has 2 aromatic rings. The molecule has 12 nitrogen and oxygen atoms in total. The molecular weight excluding hydrogens is 466 g/mol. The first-order valence-electron chi connectivity index (χ1n) is 10.8. The zero-order valence-electron chi connectivity index (χ0n) is 20.1. The lowest BCUT2D eigenvalue weighted by Crippen LogP contribution is -2.32. The molecule has 0 aliphatic heterocycles. The number of hydrogen-bond acceptors (Lipinski definition) is 8. The minimum absolute atomic E-state index is 0.0378. The molecule has 0 aliphatic carbocycles. The fourth-order valence-corrected chi connectivity index (χ4v) is 4.11. The highest BCUT2D eigenvalue weighted by molar-refractivity contribution is 7.89. The average Bonchev–Trinajstić information content (AvgIpc) is 3.10. The molecule has 0 bridgehead atoms. The normalized spacial score (nSPS) is 12.6. The maximum Gasteiger partial charge on any atom is 0.272 e. The summed E-state index contributed by atoms with van der Waals surface area (Å²) in [4.78, 5) is 22.9. The molecule has 2 N–H and O–H groups in total. The number of non-ortho nitro benzene ring substituents is 1. The van der Waals surface area contributed by atoms with Crippen LogP contribution in [0.5, 0.6) is 11.6 Å². The van der Waals surface area contributed by atoms with Gasteiger partial charge >= 0.3 is 0 Å². The number of hydrogen-bond donors (Lipinski definition) is 2. The van der Waals surface area contributed by atoms with Gasteiger partial charge in [-0.15, -0.1) is 0 Å². The van der Waals surface area contributed by atoms with Gasteiger partial charge in [0.05, 0.1) is 17.6 Å². The molecular formula is C21H31N5O7S. The smallest absolute Gasteiger partial charge is 0.272 e. The Hall–Kier alpha value is -3.03. The van der Waals surface area contributed by atoms with Crippen molar-refractivity contribution in [3.8, 4) is 11.6 Å². The summed E-state index contributed by atoms with van der Waals surface area (Å²) < 4.78 is 40.4. The number of rotatable bonds is 12.